The SMILES string of the molecule is CCCn1c(-c2cc(OCC(=O)Nc3ccc(Br)cc3)nn2C)nc2c(=O)[nH]c(=O)n(CCC)c21. The van der Waals surface area contributed by atoms with Gasteiger partial charge in [-0.05, 0) is 37.1 Å². The van der Waals surface area contributed by atoms with Gasteiger partial charge in [-0.3, -0.25) is 23.8 Å². The van der Waals surface area contributed by atoms with Crippen molar-refractivity contribution < 1.29 is 9.53 Å². The lowest BCUT2D eigenvalue weighted by molar-refractivity contribution is -0.118. The van der Waals surface area contributed by atoms with E-state index in [1.165, 1.54) is 0 Å². The summed E-state index contributed by atoms with van der Waals surface area (Å²) in [6.07, 6.45) is 1.49. The molecule has 3 aromatic heterocycles. The molecule has 0 radical (unpaired) electrons. The first-order valence-corrected chi connectivity index (χ1v) is 12.1. The summed E-state index contributed by atoms with van der Waals surface area (Å²) in [5.41, 5.74) is 0.928. The Morgan fingerprint density at radius 1 is 1.11 bits per heavy atom. The predicted molar refractivity (Wildman–Crippen MR) is 136 cm³/mol. The molecule has 0 aliphatic rings. The molecule has 0 bridgehead atoms. The number of carbonyl (C=O) groups excluding carboxylic acids is 1. The number of anilines is 1. The summed E-state index contributed by atoms with van der Waals surface area (Å²) in [6, 6.07) is 8.87. The Hall–Kier alpha value is -3.67. The van der Waals surface area contributed by atoms with E-state index in [0.717, 1.165) is 17.3 Å². The van der Waals surface area contributed by atoms with Crippen molar-refractivity contribution >= 4 is 38.7 Å². The van der Waals surface area contributed by atoms with Gasteiger partial charge in [-0.2, -0.15) is 0 Å². The smallest absolute Gasteiger partial charge is 0.330 e. The van der Waals surface area contributed by atoms with Crippen molar-refractivity contribution in [3.8, 4) is 17.4 Å². The molecule has 0 saturated heterocycles. The van der Waals surface area contributed by atoms with Crippen LogP contribution < -0.4 is 21.3 Å². The first-order valence-electron chi connectivity index (χ1n) is 11.3. The highest BCUT2D eigenvalue weighted by Gasteiger charge is 2.22. The molecule has 12 heteroatoms. The van der Waals surface area contributed by atoms with Crippen molar-refractivity contribution in [3.05, 3.63) is 55.6 Å². The van der Waals surface area contributed by atoms with Gasteiger partial charge in [-0.1, -0.05) is 29.8 Å². The van der Waals surface area contributed by atoms with Crippen molar-refractivity contribution in [3.63, 3.8) is 0 Å². The Kier molecular flexibility index (Phi) is 7.20. The molecular weight excluding hydrogens is 518 g/mol. The lowest BCUT2D eigenvalue weighted by Gasteiger charge is -2.11. The summed E-state index contributed by atoms with van der Waals surface area (Å²) in [4.78, 5) is 44.3. The maximum Gasteiger partial charge on any atom is 0.330 e. The largest absolute Gasteiger partial charge is 0.466 e. The molecule has 0 spiro atoms. The monoisotopic (exact) mass is 543 g/mol. The lowest BCUT2D eigenvalue weighted by Crippen LogP contribution is -2.31. The normalized spacial score (nSPS) is 11.2. The van der Waals surface area contributed by atoms with Gasteiger partial charge in [0.25, 0.3) is 11.5 Å². The van der Waals surface area contributed by atoms with Gasteiger partial charge in [0.15, 0.2) is 23.6 Å². The van der Waals surface area contributed by atoms with E-state index >= 15 is 0 Å². The third kappa shape index (κ3) is 5.06. The second-order valence-electron chi connectivity index (χ2n) is 8.01. The number of nitrogens with zero attached hydrogens (tertiary/aromatic N) is 5. The van der Waals surface area contributed by atoms with Gasteiger partial charge in [-0.15, -0.1) is 5.10 Å². The third-order valence-corrected chi connectivity index (χ3v) is 5.87. The van der Waals surface area contributed by atoms with Crippen LogP contribution in [-0.4, -0.2) is 41.4 Å². The quantitative estimate of drug-likeness (QED) is 0.334. The third-order valence-electron chi connectivity index (χ3n) is 5.34. The minimum atomic E-state index is -0.531. The van der Waals surface area contributed by atoms with E-state index in [2.05, 4.69) is 36.3 Å². The fourth-order valence-corrected chi connectivity index (χ4v) is 4.11. The number of imidazole rings is 1. The predicted octanol–water partition coefficient (Wildman–Crippen LogP) is 2.89. The summed E-state index contributed by atoms with van der Waals surface area (Å²) < 4.78 is 11.5. The van der Waals surface area contributed by atoms with E-state index < -0.39 is 11.2 Å². The molecule has 2 N–H and O–H groups in total. The number of H-pyrrole nitrogens is 1. The van der Waals surface area contributed by atoms with E-state index in [-0.39, 0.29) is 23.9 Å². The number of fused-ring (bicyclic) bond motifs is 1. The fraction of sp³-hybridized carbons (Fsp3) is 0.348. The van der Waals surface area contributed by atoms with E-state index in [0.29, 0.717) is 35.9 Å². The number of ether oxygens (including phenoxy) is 1. The van der Waals surface area contributed by atoms with Gasteiger partial charge in [0, 0.05) is 36.4 Å². The summed E-state index contributed by atoms with van der Waals surface area (Å²) in [6.45, 7) is 4.74. The number of aromatic nitrogens is 6. The zero-order valence-corrected chi connectivity index (χ0v) is 21.3. The van der Waals surface area contributed by atoms with E-state index in [1.54, 1.807) is 34.5 Å². The van der Waals surface area contributed by atoms with Crippen LogP contribution in [0.5, 0.6) is 5.88 Å². The number of amides is 1. The average Bonchev–Trinajstić information content (AvgIpc) is 3.37. The van der Waals surface area contributed by atoms with Crippen molar-refractivity contribution in [2.75, 3.05) is 11.9 Å². The lowest BCUT2D eigenvalue weighted by atomic mass is 10.3. The maximum atomic E-state index is 12.6. The van der Waals surface area contributed by atoms with E-state index in [9.17, 15) is 14.4 Å². The number of nitrogens with one attached hydrogen (secondary N) is 2. The molecule has 4 aromatic rings. The Morgan fingerprint density at radius 2 is 1.80 bits per heavy atom. The number of carbonyl (C=O) groups is 1. The van der Waals surface area contributed by atoms with Crippen LogP contribution in [0.3, 0.4) is 0 Å². The Bertz CT molecular complexity index is 1480. The molecule has 0 unspecified atom stereocenters. The summed E-state index contributed by atoms with van der Waals surface area (Å²) in [7, 11) is 1.73. The van der Waals surface area contributed by atoms with Crippen LogP contribution in [-0.2, 0) is 24.9 Å². The topological polar surface area (TPSA) is 129 Å². The molecule has 184 valence electrons. The van der Waals surface area contributed by atoms with Crippen LogP contribution in [0.2, 0.25) is 0 Å². The zero-order valence-electron chi connectivity index (χ0n) is 19.7. The Morgan fingerprint density at radius 3 is 2.49 bits per heavy atom. The number of hydrogen-bond acceptors (Lipinski definition) is 6. The van der Waals surface area contributed by atoms with Crippen LogP contribution in [0.1, 0.15) is 26.7 Å². The highest BCUT2D eigenvalue weighted by molar-refractivity contribution is 9.10. The maximum absolute atomic E-state index is 12.6. The minimum Gasteiger partial charge on any atom is -0.466 e. The van der Waals surface area contributed by atoms with Gasteiger partial charge in [0.1, 0.15) is 5.69 Å². The van der Waals surface area contributed by atoms with Gasteiger partial charge >= 0.3 is 5.69 Å². The molecule has 4 rings (SSSR count). The molecule has 0 saturated carbocycles. The number of aromatic amines is 1. The first-order chi connectivity index (χ1) is 16.8. The second kappa shape index (κ2) is 10.3. The van der Waals surface area contributed by atoms with Gasteiger partial charge in [0.2, 0.25) is 5.88 Å². The molecule has 1 amide bonds. The van der Waals surface area contributed by atoms with Crippen LogP contribution in [0, 0.1) is 0 Å². The van der Waals surface area contributed by atoms with Crippen molar-refractivity contribution in [2.24, 2.45) is 7.05 Å². The van der Waals surface area contributed by atoms with Crippen molar-refractivity contribution in [1.29, 1.82) is 0 Å². The number of rotatable bonds is 9. The van der Waals surface area contributed by atoms with Crippen molar-refractivity contribution in [1.82, 2.24) is 28.9 Å². The number of benzene rings is 1. The van der Waals surface area contributed by atoms with Crippen molar-refractivity contribution in [2.45, 2.75) is 39.8 Å². The Labute approximate surface area is 208 Å². The number of hydrogen-bond donors (Lipinski definition) is 2. The first kappa shape index (κ1) is 24.5. The number of halogens is 1. The van der Waals surface area contributed by atoms with Crippen LogP contribution in [0.4, 0.5) is 5.69 Å². The van der Waals surface area contributed by atoms with Gasteiger partial charge < -0.3 is 14.6 Å². The number of aryl methyl sites for hydroxylation is 3. The van der Waals surface area contributed by atoms with Crippen LogP contribution >= 0.6 is 15.9 Å². The molecule has 0 aliphatic heterocycles. The second-order valence-corrected chi connectivity index (χ2v) is 8.92. The highest BCUT2D eigenvalue weighted by atomic mass is 79.9. The van der Waals surface area contributed by atoms with Gasteiger partial charge in [0.05, 0.1) is 0 Å². The molecular formula is C23H26BrN7O4. The summed E-state index contributed by atoms with van der Waals surface area (Å²) in [5, 5.41) is 7.11. The van der Waals surface area contributed by atoms with Crippen LogP contribution in [0.25, 0.3) is 22.7 Å². The summed E-state index contributed by atoms with van der Waals surface area (Å²) >= 11 is 3.36. The molecule has 1 aromatic carbocycles. The highest BCUT2D eigenvalue weighted by Crippen LogP contribution is 2.26. The van der Waals surface area contributed by atoms with Gasteiger partial charge in [-0.25, -0.2) is 9.78 Å². The molecule has 3 heterocycles. The molecule has 11 nitrogen and oxygen atoms in total. The Balaban J connectivity index is 1.64. The molecule has 0 fully saturated rings. The fourth-order valence-electron chi connectivity index (χ4n) is 3.84. The molecule has 35 heavy (non-hydrogen) atoms. The van der Waals surface area contributed by atoms with E-state index in [1.807, 2.05) is 30.5 Å². The molecule has 0 aliphatic carbocycles. The minimum absolute atomic E-state index is 0.194. The zero-order chi connectivity index (χ0) is 25.1. The average molecular weight is 544 g/mol. The molecule has 0 atom stereocenters. The standard InChI is InChI=1S/C23H26BrN7O4/c1-4-10-30-20(26-19-21(33)27-23(34)31(11-5-2)22(19)30)16-12-18(28-29(16)3)35-13-17(32)25-15-8-6-14(24)7-9-15/h6-9,12H,4-5,10-11,13H2,1-3H3,(H,25,32)(H,27,33,34). The van der Waals surface area contributed by atoms with E-state index in [4.69, 9.17) is 4.74 Å². The van der Waals surface area contributed by atoms with Crippen LogP contribution in [0.15, 0.2) is 44.4 Å². The summed E-state index contributed by atoms with van der Waals surface area (Å²) in [5.74, 6) is 0.406.